The van der Waals surface area contributed by atoms with Gasteiger partial charge in [-0.15, -0.1) is 10.2 Å². The summed E-state index contributed by atoms with van der Waals surface area (Å²) in [6, 6.07) is 16.3. The number of hydrogen-bond donors (Lipinski definition) is 1. The SMILES string of the molecule is COc1ccc(-c2nnc(SCC(=O)N[C@@H]3CCCc4ccccc43)n2C[C@H]2CCCO2)cc1. The van der Waals surface area contributed by atoms with Crippen molar-refractivity contribution in [3.63, 3.8) is 0 Å². The minimum absolute atomic E-state index is 0.0179. The first-order valence-corrected chi connectivity index (χ1v) is 12.9. The van der Waals surface area contributed by atoms with Crippen molar-refractivity contribution in [2.45, 2.75) is 56.0 Å². The largest absolute Gasteiger partial charge is 0.497 e. The maximum atomic E-state index is 12.9. The topological polar surface area (TPSA) is 78.3 Å². The second-order valence-corrected chi connectivity index (χ2v) is 9.72. The zero-order valence-corrected chi connectivity index (χ0v) is 20.2. The Bertz CT molecular complexity index is 1130. The standard InChI is InChI=1S/C26H30N4O3S/c1-32-20-13-11-19(12-14-20)25-28-29-26(30(25)16-21-8-5-15-33-21)34-17-24(31)27-23-10-4-7-18-6-2-3-9-22(18)23/h2-3,6,9,11-14,21,23H,4-5,7-8,10,15-17H2,1H3,(H,27,31)/t21-,23-/m1/s1. The van der Waals surface area contributed by atoms with E-state index >= 15 is 0 Å². The van der Waals surface area contributed by atoms with Gasteiger partial charge < -0.3 is 14.8 Å². The number of hydrogen-bond acceptors (Lipinski definition) is 6. The quantitative estimate of drug-likeness (QED) is 0.483. The van der Waals surface area contributed by atoms with Gasteiger partial charge in [0, 0.05) is 12.2 Å². The van der Waals surface area contributed by atoms with Gasteiger partial charge in [0.15, 0.2) is 11.0 Å². The smallest absolute Gasteiger partial charge is 0.230 e. The number of ether oxygens (including phenoxy) is 2. The van der Waals surface area contributed by atoms with E-state index in [2.05, 4.69) is 38.3 Å². The van der Waals surface area contributed by atoms with E-state index in [0.29, 0.717) is 12.3 Å². The number of benzene rings is 2. The Morgan fingerprint density at radius 1 is 1.15 bits per heavy atom. The highest BCUT2D eigenvalue weighted by atomic mass is 32.2. The lowest BCUT2D eigenvalue weighted by Crippen LogP contribution is -2.32. The summed E-state index contributed by atoms with van der Waals surface area (Å²) < 4.78 is 13.3. The number of amides is 1. The molecule has 178 valence electrons. The molecule has 5 rings (SSSR count). The molecule has 34 heavy (non-hydrogen) atoms. The monoisotopic (exact) mass is 478 g/mol. The lowest BCUT2D eigenvalue weighted by atomic mass is 9.88. The van der Waals surface area contributed by atoms with E-state index in [1.54, 1.807) is 7.11 Å². The molecule has 2 aromatic carbocycles. The van der Waals surface area contributed by atoms with E-state index in [-0.39, 0.29) is 18.1 Å². The summed E-state index contributed by atoms with van der Waals surface area (Å²) in [6.45, 7) is 1.47. The summed E-state index contributed by atoms with van der Waals surface area (Å²) in [7, 11) is 1.65. The number of nitrogens with zero attached hydrogens (tertiary/aromatic N) is 3. The van der Waals surface area contributed by atoms with Crippen LogP contribution in [0, 0.1) is 0 Å². The molecule has 8 heteroatoms. The van der Waals surface area contributed by atoms with E-state index in [1.165, 1.54) is 22.9 Å². The van der Waals surface area contributed by atoms with Gasteiger partial charge in [-0.1, -0.05) is 36.0 Å². The minimum atomic E-state index is 0.0179. The van der Waals surface area contributed by atoms with Gasteiger partial charge in [-0.3, -0.25) is 9.36 Å². The number of thioether (sulfide) groups is 1. The molecule has 1 N–H and O–H groups in total. The van der Waals surface area contributed by atoms with Gasteiger partial charge in [0.05, 0.1) is 31.6 Å². The molecule has 7 nitrogen and oxygen atoms in total. The van der Waals surface area contributed by atoms with Crippen LogP contribution in [-0.4, -0.2) is 46.2 Å². The predicted octanol–water partition coefficient (Wildman–Crippen LogP) is 4.42. The van der Waals surface area contributed by atoms with Crippen molar-refractivity contribution in [3.8, 4) is 17.1 Å². The summed E-state index contributed by atoms with van der Waals surface area (Å²) in [5, 5.41) is 12.9. The van der Waals surface area contributed by atoms with Crippen LogP contribution in [0.5, 0.6) is 5.75 Å². The summed E-state index contributed by atoms with van der Waals surface area (Å²) >= 11 is 1.43. The fourth-order valence-corrected chi connectivity index (χ4v) is 5.53. The molecule has 0 bridgehead atoms. The Kier molecular flexibility index (Phi) is 7.16. The molecule has 1 amide bonds. The summed E-state index contributed by atoms with van der Waals surface area (Å²) in [6.07, 6.45) is 5.38. The Morgan fingerprint density at radius 2 is 2.00 bits per heavy atom. The fraction of sp³-hybridized carbons (Fsp3) is 0.423. The highest BCUT2D eigenvalue weighted by molar-refractivity contribution is 7.99. The lowest BCUT2D eigenvalue weighted by molar-refractivity contribution is -0.119. The molecule has 2 atom stereocenters. The van der Waals surface area contributed by atoms with Gasteiger partial charge in [-0.2, -0.15) is 0 Å². The number of fused-ring (bicyclic) bond motifs is 1. The van der Waals surface area contributed by atoms with Gasteiger partial charge in [0.1, 0.15) is 5.75 Å². The molecule has 1 aliphatic heterocycles. The average molecular weight is 479 g/mol. The predicted molar refractivity (Wildman–Crippen MR) is 132 cm³/mol. The van der Waals surface area contributed by atoms with E-state index in [0.717, 1.165) is 61.0 Å². The van der Waals surface area contributed by atoms with E-state index in [4.69, 9.17) is 9.47 Å². The van der Waals surface area contributed by atoms with Gasteiger partial charge >= 0.3 is 0 Å². The van der Waals surface area contributed by atoms with Crippen LogP contribution in [0.1, 0.15) is 42.9 Å². The maximum Gasteiger partial charge on any atom is 0.230 e. The molecule has 1 saturated heterocycles. The van der Waals surface area contributed by atoms with Gasteiger partial charge in [0.2, 0.25) is 5.91 Å². The number of aromatic nitrogens is 3. The van der Waals surface area contributed by atoms with Crippen molar-refractivity contribution in [1.29, 1.82) is 0 Å². The molecule has 0 saturated carbocycles. The van der Waals surface area contributed by atoms with Crippen LogP contribution in [0.4, 0.5) is 0 Å². The summed E-state index contributed by atoms with van der Waals surface area (Å²) in [4.78, 5) is 12.9. The second-order valence-electron chi connectivity index (χ2n) is 8.78. The highest BCUT2D eigenvalue weighted by Crippen LogP contribution is 2.30. The number of carbonyl (C=O) groups excluding carboxylic acids is 1. The second kappa shape index (κ2) is 10.6. The zero-order chi connectivity index (χ0) is 23.3. The lowest BCUT2D eigenvalue weighted by Gasteiger charge is -2.26. The Morgan fingerprint density at radius 3 is 2.79 bits per heavy atom. The van der Waals surface area contributed by atoms with Crippen molar-refractivity contribution in [3.05, 3.63) is 59.7 Å². The third-order valence-electron chi connectivity index (χ3n) is 6.51. The molecular weight excluding hydrogens is 448 g/mol. The fourth-order valence-electron chi connectivity index (χ4n) is 4.78. The first-order chi connectivity index (χ1) is 16.7. The first-order valence-electron chi connectivity index (χ1n) is 11.9. The third-order valence-corrected chi connectivity index (χ3v) is 7.48. The van der Waals surface area contributed by atoms with Crippen LogP contribution >= 0.6 is 11.8 Å². The van der Waals surface area contributed by atoms with Crippen LogP contribution in [0.15, 0.2) is 53.7 Å². The Labute approximate surface area is 204 Å². The molecule has 1 aliphatic carbocycles. The van der Waals surface area contributed by atoms with Gasteiger partial charge in [-0.05, 0) is 67.5 Å². The van der Waals surface area contributed by atoms with Crippen LogP contribution in [-0.2, 0) is 22.5 Å². The molecule has 0 unspecified atom stereocenters. The van der Waals surface area contributed by atoms with E-state index < -0.39 is 0 Å². The normalized spacial score (nSPS) is 19.6. The van der Waals surface area contributed by atoms with Crippen molar-refractivity contribution >= 4 is 17.7 Å². The van der Waals surface area contributed by atoms with Crippen molar-refractivity contribution < 1.29 is 14.3 Å². The number of nitrogens with one attached hydrogen (secondary N) is 1. The van der Waals surface area contributed by atoms with Gasteiger partial charge in [-0.25, -0.2) is 0 Å². The zero-order valence-electron chi connectivity index (χ0n) is 19.4. The maximum absolute atomic E-state index is 12.9. The molecule has 0 radical (unpaired) electrons. The highest BCUT2D eigenvalue weighted by Gasteiger charge is 2.24. The summed E-state index contributed by atoms with van der Waals surface area (Å²) in [5.41, 5.74) is 3.55. The number of carbonyl (C=O) groups is 1. The van der Waals surface area contributed by atoms with Crippen LogP contribution in [0.2, 0.25) is 0 Å². The average Bonchev–Trinajstić information content (AvgIpc) is 3.53. The first kappa shape index (κ1) is 22.9. The molecule has 2 aliphatic rings. The van der Waals surface area contributed by atoms with Gasteiger partial charge in [0.25, 0.3) is 0 Å². The van der Waals surface area contributed by atoms with Crippen LogP contribution in [0.25, 0.3) is 11.4 Å². The van der Waals surface area contributed by atoms with Crippen LogP contribution < -0.4 is 10.1 Å². The number of rotatable bonds is 8. The molecular formula is C26H30N4O3S. The van der Waals surface area contributed by atoms with Crippen LogP contribution in [0.3, 0.4) is 0 Å². The van der Waals surface area contributed by atoms with Crippen molar-refractivity contribution in [2.75, 3.05) is 19.5 Å². The molecule has 0 spiro atoms. The minimum Gasteiger partial charge on any atom is -0.497 e. The third kappa shape index (κ3) is 5.13. The molecule has 1 aromatic heterocycles. The van der Waals surface area contributed by atoms with E-state index in [9.17, 15) is 4.79 Å². The summed E-state index contributed by atoms with van der Waals surface area (Å²) in [5.74, 6) is 1.89. The van der Waals surface area contributed by atoms with E-state index in [1.807, 2.05) is 30.3 Å². The Hall–Kier alpha value is -2.84. The molecule has 3 aromatic rings. The number of aryl methyl sites for hydroxylation is 1. The number of methoxy groups -OCH3 is 1. The van der Waals surface area contributed by atoms with Crippen molar-refractivity contribution in [1.82, 2.24) is 20.1 Å². The Balaban J connectivity index is 1.30. The molecule has 2 heterocycles. The van der Waals surface area contributed by atoms with Crippen molar-refractivity contribution in [2.24, 2.45) is 0 Å². The molecule has 1 fully saturated rings.